The van der Waals surface area contributed by atoms with Crippen molar-refractivity contribution in [1.82, 2.24) is 0 Å². The van der Waals surface area contributed by atoms with Crippen LogP contribution in [0.4, 0.5) is 0 Å². The second-order valence-corrected chi connectivity index (χ2v) is 5.07. The van der Waals surface area contributed by atoms with Crippen LogP contribution in [0.25, 0.3) is 0 Å². The van der Waals surface area contributed by atoms with Gasteiger partial charge in [0.1, 0.15) is 0 Å². The molecule has 0 heterocycles. The molecule has 84 valence electrons. The van der Waals surface area contributed by atoms with Crippen LogP contribution in [-0.4, -0.2) is 0 Å². The fourth-order valence-corrected chi connectivity index (χ4v) is 2.78. The zero-order valence-corrected chi connectivity index (χ0v) is 12.7. The van der Waals surface area contributed by atoms with Gasteiger partial charge in [0.25, 0.3) is 0 Å². The number of allylic oxidation sites excluding steroid dienone is 4. The van der Waals surface area contributed by atoms with Gasteiger partial charge in [-0.3, -0.25) is 0 Å². The smallest absolute Gasteiger partial charge is 0.00754 e. The molecule has 0 bridgehead atoms. The maximum absolute atomic E-state index is 2.34. The van der Waals surface area contributed by atoms with Gasteiger partial charge < -0.3 is 0 Å². The Labute approximate surface area is 103 Å². The summed E-state index contributed by atoms with van der Waals surface area (Å²) in [5, 5.41) is 0. The summed E-state index contributed by atoms with van der Waals surface area (Å²) in [6.45, 7) is 16.1. The second-order valence-electron chi connectivity index (χ2n) is 5.07. The van der Waals surface area contributed by atoms with Crippen LogP contribution in [0.5, 0.6) is 0 Å². The van der Waals surface area contributed by atoms with Crippen molar-refractivity contribution in [2.75, 3.05) is 0 Å². The molecular formula is C13H22Pt. The van der Waals surface area contributed by atoms with Crippen molar-refractivity contribution in [2.24, 2.45) is 11.3 Å². The summed E-state index contributed by atoms with van der Waals surface area (Å²) in [7, 11) is 0. The van der Waals surface area contributed by atoms with Crippen molar-refractivity contribution in [3.8, 4) is 0 Å². The van der Waals surface area contributed by atoms with Crippen molar-refractivity contribution < 1.29 is 21.1 Å². The van der Waals surface area contributed by atoms with E-state index in [9.17, 15) is 0 Å². The molecule has 1 rings (SSSR count). The average Bonchev–Trinajstić information content (AvgIpc) is 2.12. The molecule has 0 aliphatic heterocycles. The minimum absolute atomic E-state index is 0. The minimum Gasteiger partial charge on any atom is -0.0604 e. The predicted molar refractivity (Wildman–Crippen MR) is 59.7 cm³/mol. The third kappa shape index (κ3) is 1.91. The molecule has 0 atom stereocenters. The van der Waals surface area contributed by atoms with E-state index in [0.717, 1.165) is 0 Å². The summed E-state index contributed by atoms with van der Waals surface area (Å²) in [6, 6.07) is 0. The van der Waals surface area contributed by atoms with E-state index in [2.05, 4.69) is 48.5 Å². The van der Waals surface area contributed by atoms with Crippen molar-refractivity contribution >= 4 is 0 Å². The van der Waals surface area contributed by atoms with Gasteiger partial charge in [-0.15, -0.1) is 0 Å². The van der Waals surface area contributed by atoms with E-state index >= 15 is 0 Å². The molecular weight excluding hydrogens is 351 g/mol. The van der Waals surface area contributed by atoms with E-state index in [1.807, 2.05) is 0 Å². The standard InChI is InChI=1S/C13H22.Pt/c1-8(2)12-10(4)9(3)11(5)13(12,6)7;/h8H,1-7H3;. The third-order valence-electron chi connectivity index (χ3n) is 3.72. The molecule has 0 N–H and O–H groups in total. The van der Waals surface area contributed by atoms with Gasteiger partial charge in [-0.2, -0.15) is 0 Å². The molecule has 0 radical (unpaired) electrons. The third-order valence-corrected chi connectivity index (χ3v) is 3.72. The van der Waals surface area contributed by atoms with E-state index in [0.29, 0.717) is 11.3 Å². The van der Waals surface area contributed by atoms with Crippen LogP contribution in [0.3, 0.4) is 0 Å². The molecule has 0 unspecified atom stereocenters. The van der Waals surface area contributed by atoms with Gasteiger partial charge in [0.15, 0.2) is 0 Å². The Balaban J connectivity index is 0.00000169. The zero-order chi connectivity index (χ0) is 10.4. The van der Waals surface area contributed by atoms with Crippen LogP contribution in [0.15, 0.2) is 22.3 Å². The normalized spacial score (nSPS) is 20.6. The summed E-state index contributed by atoms with van der Waals surface area (Å²) in [6.07, 6.45) is 0. The van der Waals surface area contributed by atoms with Crippen molar-refractivity contribution in [3.63, 3.8) is 0 Å². The Kier molecular flexibility index (Phi) is 4.40. The van der Waals surface area contributed by atoms with Gasteiger partial charge in [0.2, 0.25) is 0 Å². The van der Waals surface area contributed by atoms with Gasteiger partial charge >= 0.3 is 0 Å². The Morgan fingerprint density at radius 3 is 1.50 bits per heavy atom. The molecule has 0 saturated heterocycles. The molecule has 1 aliphatic carbocycles. The van der Waals surface area contributed by atoms with Gasteiger partial charge in [-0.1, -0.05) is 38.8 Å². The van der Waals surface area contributed by atoms with Crippen LogP contribution >= 0.6 is 0 Å². The molecule has 0 amide bonds. The molecule has 14 heavy (non-hydrogen) atoms. The fourth-order valence-electron chi connectivity index (χ4n) is 2.78. The van der Waals surface area contributed by atoms with Crippen LogP contribution in [0, 0.1) is 11.3 Å². The first-order valence-electron chi connectivity index (χ1n) is 5.19. The average molecular weight is 373 g/mol. The van der Waals surface area contributed by atoms with Crippen LogP contribution in [0.1, 0.15) is 48.5 Å². The largest absolute Gasteiger partial charge is 0.0604 e. The van der Waals surface area contributed by atoms with Crippen molar-refractivity contribution in [1.29, 1.82) is 0 Å². The molecule has 1 heteroatoms. The maximum Gasteiger partial charge on any atom is 0.00754 e. The van der Waals surface area contributed by atoms with Gasteiger partial charge in [0.05, 0.1) is 0 Å². The van der Waals surface area contributed by atoms with E-state index in [1.54, 1.807) is 11.1 Å². The number of hydrogen-bond donors (Lipinski definition) is 0. The Hall–Kier alpha value is 0.168. The molecule has 0 nitrogen and oxygen atoms in total. The summed E-state index contributed by atoms with van der Waals surface area (Å²) in [5.41, 5.74) is 6.50. The van der Waals surface area contributed by atoms with E-state index in [1.165, 1.54) is 11.1 Å². The summed E-state index contributed by atoms with van der Waals surface area (Å²) in [5.74, 6) is 0.669. The molecule has 0 aromatic rings. The number of rotatable bonds is 1. The first kappa shape index (κ1) is 14.2. The topological polar surface area (TPSA) is 0 Å². The monoisotopic (exact) mass is 373 g/mol. The number of hydrogen-bond acceptors (Lipinski definition) is 0. The van der Waals surface area contributed by atoms with Crippen molar-refractivity contribution in [3.05, 3.63) is 22.3 Å². The first-order chi connectivity index (χ1) is 5.80. The first-order valence-corrected chi connectivity index (χ1v) is 5.19. The van der Waals surface area contributed by atoms with E-state index in [4.69, 9.17) is 0 Å². The molecule has 0 aromatic carbocycles. The molecule has 0 spiro atoms. The predicted octanol–water partition coefficient (Wildman–Crippen LogP) is 4.33. The summed E-state index contributed by atoms with van der Waals surface area (Å²) >= 11 is 0. The quantitative estimate of drug-likeness (QED) is 0.642. The maximum atomic E-state index is 2.34. The Morgan fingerprint density at radius 1 is 0.929 bits per heavy atom. The SMILES string of the molecule is CC1=C(C)C(C)(C)C(C(C)C)=C1C.[Pt]. The Morgan fingerprint density at radius 2 is 1.36 bits per heavy atom. The van der Waals surface area contributed by atoms with Crippen LogP contribution in [-0.2, 0) is 21.1 Å². The Bertz CT molecular complexity index is 290. The molecule has 0 fully saturated rings. The molecule has 0 aromatic heterocycles. The van der Waals surface area contributed by atoms with E-state index < -0.39 is 0 Å². The fraction of sp³-hybridized carbons (Fsp3) is 0.692. The van der Waals surface area contributed by atoms with Crippen LogP contribution < -0.4 is 0 Å². The van der Waals surface area contributed by atoms with Crippen LogP contribution in [0.2, 0.25) is 0 Å². The second kappa shape index (κ2) is 4.35. The summed E-state index contributed by atoms with van der Waals surface area (Å²) in [4.78, 5) is 0. The molecule has 0 saturated carbocycles. The van der Waals surface area contributed by atoms with Gasteiger partial charge in [-0.25, -0.2) is 0 Å². The van der Waals surface area contributed by atoms with Crippen molar-refractivity contribution in [2.45, 2.75) is 48.5 Å². The minimum atomic E-state index is 0. The van der Waals surface area contributed by atoms with Gasteiger partial charge in [0, 0.05) is 26.5 Å². The van der Waals surface area contributed by atoms with E-state index in [-0.39, 0.29) is 21.1 Å². The summed E-state index contributed by atoms with van der Waals surface area (Å²) < 4.78 is 0. The zero-order valence-electron chi connectivity index (χ0n) is 10.4. The molecule has 1 aliphatic rings. The van der Waals surface area contributed by atoms with Gasteiger partial charge in [-0.05, 0) is 37.8 Å².